The predicted molar refractivity (Wildman–Crippen MR) is 79.1 cm³/mol. The molecule has 1 N–H and O–H groups in total. The number of aromatic nitrogens is 1. The number of para-hydroxylation sites is 1. The maximum absolute atomic E-state index is 13.8. The lowest BCUT2D eigenvalue weighted by Crippen LogP contribution is -2.04. The van der Waals surface area contributed by atoms with Gasteiger partial charge in [0.1, 0.15) is 0 Å². The van der Waals surface area contributed by atoms with E-state index >= 15 is 0 Å². The Balaban J connectivity index is 2.08. The predicted octanol–water partition coefficient (Wildman–Crippen LogP) is 3.31. The van der Waals surface area contributed by atoms with Crippen molar-refractivity contribution < 1.29 is 19.0 Å². The number of aryl methyl sites for hydroxylation is 1. The zero-order valence-corrected chi connectivity index (χ0v) is 12.2. The van der Waals surface area contributed by atoms with Gasteiger partial charge in [-0.1, -0.05) is 12.1 Å². The molecule has 0 aliphatic rings. The van der Waals surface area contributed by atoms with Gasteiger partial charge in [-0.25, -0.2) is 14.2 Å². The van der Waals surface area contributed by atoms with E-state index in [0.29, 0.717) is 18.6 Å². The Labute approximate surface area is 125 Å². The van der Waals surface area contributed by atoms with Crippen molar-refractivity contribution in [3.05, 3.63) is 51.7 Å². The molecular formula is C15H14FNO3S. The normalized spacial score (nSPS) is 11.0. The third-order valence-electron chi connectivity index (χ3n) is 2.82. The number of rotatable bonds is 6. The first kappa shape index (κ1) is 15.2. The number of carboxylic acid groups (broad SMARTS) is 1. The molecule has 1 heterocycles. The first-order valence-corrected chi connectivity index (χ1v) is 7.17. The minimum Gasteiger partial charge on any atom is -0.490 e. The number of carbonyl (C=O) groups is 1. The third kappa shape index (κ3) is 4.13. The number of ether oxygens (including phenoxy) is 1. The van der Waals surface area contributed by atoms with Crippen LogP contribution < -0.4 is 4.74 Å². The number of thiazole rings is 1. The highest BCUT2D eigenvalue weighted by Crippen LogP contribution is 2.24. The Bertz CT molecular complexity index is 667. The van der Waals surface area contributed by atoms with Crippen LogP contribution in [0.1, 0.15) is 16.1 Å². The van der Waals surface area contributed by atoms with Gasteiger partial charge in [-0.2, -0.15) is 0 Å². The van der Waals surface area contributed by atoms with Crippen molar-refractivity contribution in [3.63, 3.8) is 0 Å². The number of carboxylic acids is 1. The maximum Gasteiger partial charge on any atom is 0.328 e. The average molecular weight is 307 g/mol. The number of benzene rings is 1. The van der Waals surface area contributed by atoms with Gasteiger partial charge in [-0.15, -0.1) is 11.3 Å². The van der Waals surface area contributed by atoms with Crippen LogP contribution in [0.4, 0.5) is 4.39 Å². The molecule has 0 fully saturated rings. The number of hydrogen-bond donors (Lipinski definition) is 1. The number of aliphatic carboxylic acids is 1. The molecule has 6 heteroatoms. The molecule has 0 spiro atoms. The lowest BCUT2D eigenvalue weighted by atomic mass is 10.2. The van der Waals surface area contributed by atoms with E-state index in [1.807, 2.05) is 6.92 Å². The molecule has 1 aromatic heterocycles. The van der Waals surface area contributed by atoms with Crippen LogP contribution in [-0.2, 0) is 11.2 Å². The van der Waals surface area contributed by atoms with Gasteiger partial charge in [0, 0.05) is 22.9 Å². The zero-order chi connectivity index (χ0) is 15.2. The minimum absolute atomic E-state index is 0.0668. The summed E-state index contributed by atoms with van der Waals surface area (Å²) in [5.74, 6) is -1.54. The summed E-state index contributed by atoms with van der Waals surface area (Å²) in [5.41, 5.74) is 3.11. The largest absolute Gasteiger partial charge is 0.490 e. The van der Waals surface area contributed by atoms with Crippen LogP contribution in [0.15, 0.2) is 29.8 Å². The molecule has 0 saturated carbocycles. The Morgan fingerprint density at radius 1 is 1.52 bits per heavy atom. The van der Waals surface area contributed by atoms with Crippen molar-refractivity contribution in [2.24, 2.45) is 0 Å². The molecule has 0 amide bonds. The fourth-order valence-electron chi connectivity index (χ4n) is 1.78. The highest BCUT2D eigenvalue weighted by molar-refractivity contribution is 7.09. The van der Waals surface area contributed by atoms with Crippen molar-refractivity contribution in [3.8, 4) is 5.75 Å². The smallest absolute Gasteiger partial charge is 0.328 e. The first-order chi connectivity index (χ1) is 10.1. The minimum atomic E-state index is -1.09. The van der Waals surface area contributed by atoms with Crippen LogP contribution in [-0.4, -0.2) is 22.7 Å². The second-order valence-corrected chi connectivity index (χ2v) is 5.23. The monoisotopic (exact) mass is 307 g/mol. The quantitative estimate of drug-likeness (QED) is 0.832. The third-order valence-corrected chi connectivity index (χ3v) is 3.82. The van der Waals surface area contributed by atoms with E-state index in [2.05, 4.69) is 4.98 Å². The van der Waals surface area contributed by atoms with Gasteiger partial charge in [0.15, 0.2) is 11.6 Å². The summed E-state index contributed by atoms with van der Waals surface area (Å²) < 4.78 is 19.3. The van der Waals surface area contributed by atoms with Gasteiger partial charge in [0.25, 0.3) is 0 Å². The summed E-state index contributed by atoms with van der Waals surface area (Å²) in [6.45, 7) is 2.22. The lowest BCUT2D eigenvalue weighted by Gasteiger charge is -2.10. The number of nitrogens with zero attached hydrogens (tertiary/aromatic N) is 1. The van der Waals surface area contributed by atoms with Crippen LogP contribution in [0.2, 0.25) is 0 Å². The zero-order valence-electron chi connectivity index (χ0n) is 11.4. The molecule has 4 nitrogen and oxygen atoms in total. The molecule has 2 aromatic rings. The van der Waals surface area contributed by atoms with Crippen molar-refractivity contribution in [2.45, 2.75) is 13.3 Å². The summed E-state index contributed by atoms with van der Waals surface area (Å²) in [7, 11) is 0. The molecule has 0 unspecified atom stereocenters. The number of hydrogen-bond acceptors (Lipinski definition) is 4. The van der Waals surface area contributed by atoms with E-state index in [9.17, 15) is 9.18 Å². The summed E-state index contributed by atoms with van der Waals surface area (Å²) in [4.78, 5) is 15.8. The van der Waals surface area contributed by atoms with Gasteiger partial charge in [0.2, 0.25) is 0 Å². The van der Waals surface area contributed by atoms with Crippen molar-refractivity contribution in [2.75, 3.05) is 6.61 Å². The van der Waals surface area contributed by atoms with Gasteiger partial charge in [-0.3, -0.25) is 0 Å². The molecule has 110 valence electrons. The van der Waals surface area contributed by atoms with Gasteiger partial charge in [-0.05, 0) is 19.1 Å². The molecule has 0 saturated heterocycles. The molecular weight excluding hydrogens is 293 g/mol. The van der Waals surface area contributed by atoms with E-state index in [4.69, 9.17) is 9.84 Å². The van der Waals surface area contributed by atoms with Crippen LogP contribution >= 0.6 is 11.3 Å². The van der Waals surface area contributed by atoms with Crippen molar-refractivity contribution >= 4 is 23.4 Å². The van der Waals surface area contributed by atoms with Crippen LogP contribution in [0.25, 0.3) is 6.08 Å². The van der Waals surface area contributed by atoms with Crippen molar-refractivity contribution in [1.29, 1.82) is 0 Å². The van der Waals surface area contributed by atoms with E-state index in [-0.39, 0.29) is 5.75 Å². The van der Waals surface area contributed by atoms with E-state index < -0.39 is 11.8 Å². The molecule has 0 atom stereocenters. The molecule has 21 heavy (non-hydrogen) atoms. The highest BCUT2D eigenvalue weighted by atomic mass is 32.1. The molecule has 1 aromatic carbocycles. The average Bonchev–Trinajstić information content (AvgIpc) is 2.84. The van der Waals surface area contributed by atoms with Crippen LogP contribution in [0.3, 0.4) is 0 Å². The SMILES string of the molecule is Cc1ncsc1CCOc1c(F)cccc1/C=C/C(=O)O. The number of halogens is 1. The second-order valence-electron chi connectivity index (χ2n) is 4.29. The van der Waals surface area contributed by atoms with E-state index in [1.165, 1.54) is 29.5 Å². The molecule has 2 rings (SSSR count). The maximum atomic E-state index is 13.8. The first-order valence-electron chi connectivity index (χ1n) is 6.29. The second kappa shape index (κ2) is 6.99. The highest BCUT2D eigenvalue weighted by Gasteiger charge is 2.09. The standard InChI is InChI=1S/C15H14FNO3S/c1-10-13(21-9-17-10)7-8-20-15-11(5-6-14(18)19)3-2-4-12(15)16/h2-6,9H,7-8H2,1H3,(H,18,19)/b6-5+. The summed E-state index contributed by atoms with van der Waals surface area (Å²) >= 11 is 1.53. The summed E-state index contributed by atoms with van der Waals surface area (Å²) in [5, 5.41) is 8.64. The molecule has 0 aliphatic carbocycles. The fraction of sp³-hybridized carbons (Fsp3) is 0.200. The molecule has 0 aliphatic heterocycles. The summed E-state index contributed by atoms with van der Waals surface area (Å²) in [6, 6.07) is 4.40. The Hall–Kier alpha value is -2.21. The van der Waals surface area contributed by atoms with Crippen molar-refractivity contribution in [1.82, 2.24) is 4.98 Å². The van der Waals surface area contributed by atoms with Gasteiger partial charge >= 0.3 is 5.97 Å². The van der Waals surface area contributed by atoms with Crippen LogP contribution in [0.5, 0.6) is 5.75 Å². The molecule has 0 radical (unpaired) electrons. The van der Waals surface area contributed by atoms with E-state index in [0.717, 1.165) is 16.6 Å². The Morgan fingerprint density at radius 3 is 3.00 bits per heavy atom. The summed E-state index contributed by atoms with van der Waals surface area (Å²) in [6.07, 6.45) is 2.90. The Morgan fingerprint density at radius 2 is 2.33 bits per heavy atom. The fourth-order valence-corrected chi connectivity index (χ4v) is 2.54. The molecule has 0 bridgehead atoms. The van der Waals surface area contributed by atoms with Gasteiger partial charge in [0.05, 0.1) is 17.8 Å². The van der Waals surface area contributed by atoms with E-state index in [1.54, 1.807) is 11.6 Å². The van der Waals surface area contributed by atoms with Gasteiger partial charge < -0.3 is 9.84 Å². The Kier molecular flexibility index (Phi) is 5.05. The lowest BCUT2D eigenvalue weighted by molar-refractivity contribution is -0.131. The topological polar surface area (TPSA) is 59.4 Å². The van der Waals surface area contributed by atoms with Crippen LogP contribution in [0, 0.1) is 12.7 Å².